The van der Waals surface area contributed by atoms with Crippen LogP contribution in [0.25, 0.3) is 5.52 Å². The number of nitrogens with one attached hydrogen (secondary N) is 2. The van der Waals surface area contributed by atoms with Crippen molar-refractivity contribution in [1.29, 1.82) is 5.26 Å². The summed E-state index contributed by atoms with van der Waals surface area (Å²) in [6.45, 7) is 11.7. The van der Waals surface area contributed by atoms with Gasteiger partial charge in [0.2, 0.25) is 11.5 Å². The molecule has 4 heterocycles. The predicted molar refractivity (Wildman–Crippen MR) is 175 cm³/mol. The molecule has 4 N–H and O–H groups in total. The van der Waals surface area contributed by atoms with Crippen molar-refractivity contribution in [3.05, 3.63) is 59.8 Å². The quantitative estimate of drug-likeness (QED) is 0.262. The molecule has 16 heteroatoms. The number of rotatable bonds is 10. The molecule has 268 valence electrons. The van der Waals surface area contributed by atoms with Crippen LogP contribution in [0.3, 0.4) is 0 Å². The maximum absolute atomic E-state index is 13.3. The molecule has 3 aromatic rings. The van der Waals surface area contributed by atoms with E-state index in [1.54, 1.807) is 72.7 Å². The van der Waals surface area contributed by atoms with Gasteiger partial charge in [0.05, 0.1) is 11.7 Å². The van der Waals surface area contributed by atoms with E-state index in [4.69, 9.17) is 29.4 Å². The normalized spacial score (nSPS) is 23.9. The predicted octanol–water partition coefficient (Wildman–Crippen LogP) is 3.11. The molecule has 1 aromatic carbocycles. The molecular formula is C34H42FN7O8. The third-order valence-corrected chi connectivity index (χ3v) is 8.16. The standard InChI is InChI=1S/C34H42FN7O8/c1-18(2)25(40-31(45)50-32(3,4)5)30(44)46-15-23-26-27(49-33(6,7)48-26)34(16-36,47-23)24-13-12-22-28(38-17-39-42(22)24)41-29(43)21(37)14-19-8-10-20(35)11-9-19/h8-13,17-18,21,23,25-27H,14-15,37H2,1-7H3,(H,40,45)(H,38,39,41,43)/t21-,23+,25-,26+,27+,34-/m0/s1. The summed E-state index contributed by atoms with van der Waals surface area (Å²) in [6, 6.07) is 9.13. The van der Waals surface area contributed by atoms with E-state index >= 15 is 0 Å². The van der Waals surface area contributed by atoms with E-state index < -0.39 is 71.2 Å². The number of anilines is 1. The van der Waals surface area contributed by atoms with Crippen LogP contribution in [0.4, 0.5) is 15.0 Å². The highest BCUT2D eigenvalue weighted by atomic mass is 19.1. The molecule has 2 aromatic heterocycles. The highest BCUT2D eigenvalue weighted by molar-refractivity contribution is 5.97. The molecule has 2 saturated heterocycles. The summed E-state index contributed by atoms with van der Waals surface area (Å²) in [5.41, 5.74) is 4.83. The molecule has 0 radical (unpaired) electrons. The minimum atomic E-state index is -1.80. The second kappa shape index (κ2) is 13.9. The Hall–Kier alpha value is -4.69. The number of fused-ring (bicyclic) bond motifs is 2. The van der Waals surface area contributed by atoms with Gasteiger partial charge < -0.3 is 40.1 Å². The third-order valence-electron chi connectivity index (χ3n) is 8.16. The van der Waals surface area contributed by atoms with Crippen LogP contribution in [0, 0.1) is 23.1 Å². The SMILES string of the molecule is CC(C)[C@H](NC(=O)OC(C)(C)C)C(=O)OC[C@H]1O[C@@](C#N)(c2ccc3c(NC(=O)[C@@H](N)Cc4ccc(F)cc4)ncnn23)[C@@H]2OC(C)(C)O[C@@H]21. The average molecular weight is 696 g/mol. The summed E-state index contributed by atoms with van der Waals surface area (Å²) >= 11 is 0. The number of aromatic nitrogens is 3. The number of ether oxygens (including phenoxy) is 5. The fourth-order valence-electron chi connectivity index (χ4n) is 5.90. The molecule has 2 amide bonds. The topological polar surface area (TPSA) is 201 Å². The lowest BCUT2D eigenvalue weighted by molar-refractivity contribution is -0.207. The van der Waals surface area contributed by atoms with E-state index in [0.717, 1.165) is 0 Å². The number of carbonyl (C=O) groups is 3. The lowest BCUT2D eigenvalue weighted by atomic mass is 9.92. The molecule has 0 saturated carbocycles. The Balaban J connectivity index is 1.36. The molecule has 15 nitrogen and oxygen atoms in total. The number of esters is 1. The van der Waals surface area contributed by atoms with Gasteiger partial charge in [-0.3, -0.25) is 4.79 Å². The number of halogens is 1. The van der Waals surface area contributed by atoms with Crippen LogP contribution in [0.1, 0.15) is 59.7 Å². The highest BCUT2D eigenvalue weighted by Crippen LogP contribution is 2.49. The Morgan fingerprint density at radius 1 is 1.12 bits per heavy atom. The van der Waals surface area contributed by atoms with Crippen LogP contribution < -0.4 is 16.4 Å². The average Bonchev–Trinajstić information content (AvgIpc) is 3.69. The number of carbonyl (C=O) groups excluding carboxylic acids is 3. The minimum absolute atomic E-state index is 0.125. The molecule has 2 fully saturated rings. The second-order valence-electron chi connectivity index (χ2n) is 14.1. The monoisotopic (exact) mass is 695 g/mol. The number of nitriles is 1. The number of nitrogens with zero attached hydrogens (tertiary/aromatic N) is 4. The Kier molecular flexibility index (Phi) is 10.2. The zero-order valence-corrected chi connectivity index (χ0v) is 28.9. The van der Waals surface area contributed by atoms with Gasteiger partial charge >= 0.3 is 12.1 Å². The van der Waals surface area contributed by atoms with Crippen molar-refractivity contribution in [3.63, 3.8) is 0 Å². The summed E-state index contributed by atoms with van der Waals surface area (Å²) in [5, 5.41) is 20.3. The maximum Gasteiger partial charge on any atom is 0.408 e. The largest absolute Gasteiger partial charge is 0.461 e. The number of alkyl carbamates (subject to hydrolysis) is 1. The third kappa shape index (κ3) is 7.71. The number of hydrogen-bond acceptors (Lipinski definition) is 12. The molecule has 0 spiro atoms. The van der Waals surface area contributed by atoms with Gasteiger partial charge in [0, 0.05) is 0 Å². The van der Waals surface area contributed by atoms with Crippen molar-refractivity contribution in [1.82, 2.24) is 19.9 Å². The van der Waals surface area contributed by atoms with Crippen LogP contribution in [0.5, 0.6) is 0 Å². The van der Waals surface area contributed by atoms with Gasteiger partial charge in [0.15, 0.2) is 11.6 Å². The van der Waals surface area contributed by atoms with Gasteiger partial charge in [-0.05, 0) is 76.8 Å². The fourth-order valence-corrected chi connectivity index (χ4v) is 5.90. The van der Waals surface area contributed by atoms with Crippen LogP contribution in [0.2, 0.25) is 0 Å². The van der Waals surface area contributed by atoms with Gasteiger partial charge in [-0.25, -0.2) is 23.5 Å². The minimum Gasteiger partial charge on any atom is -0.461 e. The van der Waals surface area contributed by atoms with Gasteiger partial charge in [-0.15, -0.1) is 0 Å². The van der Waals surface area contributed by atoms with Crippen molar-refractivity contribution in [2.75, 3.05) is 11.9 Å². The first-order chi connectivity index (χ1) is 23.4. The molecule has 0 unspecified atom stereocenters. The number of nitrogens with two attached hydrogens (primary N) is 1. The zero-order chi connectivity index (χ0) is 36.6. The first-order valence-corrected chi connectivity index (χ1v) is 16.2. The van der Waals surface area contributed by atoms with Crippen LogP contribution >= 0.6 is 0 Å². The van der Waals surface area contributed by atoms with Crippen LogP contribution in [-0.2, 0) is 45.3 Å². The summed E-state index contributed by atoms with van der Waals surface area (Å²) in [7, 11) is 0. The smallest absolute Gasteiger partial charge is 0.408 e. The number of hydrogen-bond donors (Lipinski definition) is 3. The van der Waals surface area contributed by atoms with Crippen LogP contribution in [0.15, 0.2) is 42.7 Å². The van der Waals surface area contributed by atoms with Crippen molar-refractivity contribution < 1.29 is 42.5 Å². The van der Waals surface area contributed by atoms with E-state index in [1.165, 1.54) is 23.0 Å². The number of benzene rings is 1. The van der Waals surface area contributed by atoms with Gasteiger partial charge in [-0.2, -0.15) is 10.4 Å². The Morgan fingerprint density at radius 2 is 1.82 bits per heavy atom. The lowest BCUT2D eigenvalue weighted by Gasteiger charge is -2.29. The number of amides is 2. The molecule has 2 aliphatic rings. The highest BCUT2D eigenvalue weighted by Gasteiger charge is 2.65. The summed E-state index contributed by atoms with van der Waals surface area (Å²) < 4.78 is 44.4. The molecule has 0 aliphatic carbocycles. The zero-order valence-electron chi connectivity index (χ0n) is 28.9. The lowest BCUT2D eigenvalue weighted by Crippen LogP contribution is -2.48. The second-order valence-corrected chi connectivity index (χ2v) is 14.1. The van der Waals surface area contributed by atoms with Gasteiger partial charge in [-0.1, -0.05) is 26.0 Å². The first-order valence-electron chi connectivity index (χ1n) is 16.2. The fraction of sp³-hybridized carbons (Fsp3) is 0.529. The first kappa shape index (κ1) is 36.6. The molecule has 6 atom stereocenters. The summed E-state index contributed by atoms with van der Waals surface area (Å²) in [5.74, 6) is -3.00. The van der Waals surface area contributed by atoms with Gasteiger partial charge in [0.25, 0.3) is 0 Å². The van der Waals surface area contributed by atoms with Crippen LogP contribution in [-0.4, -0.2) is 81.0 Å². The van der Waals surface area contributed by atoms with E-state index in [9.17, 15) is 24.0 Å². The van der Waals surface area contributed by atoms with Crippen molar-refractivity contribution >= 4 is 29.3 Å². The molecular weight excluding hydrogens is 653 g/mol. The van der Waals surface area contributed by atoms with Crippen molar-refractivity contribution in [2.45, 2.75) is 102 Å². The maximum atomic E-state index is 13.3. The van der Waals surface area contributed by atoms with E-state index in [-0.39, 0.29) is 30.5 Å². The Bertz CT molecular complexity index is 1780. The Morgan fingerprint density at radius 3 is 2.46 bits per heavy atom. The molecule has 50 heavy (non-hydrogen) atoms. The molecule has 5 rings (SSSR count). The van der Waals surface area contributed by atoms with Gasteiger partial charge in [0.1, 0.15) is 60.3 Å². The Labute approximate surface area is 288 Å². The van der Waals surface area contributed by atoms with E-state index in [0.29, 0.717) is 11.1 Å². The van der Waals surface area contributed by atoms with E-state index in [2.05, 4.69) is 26.8 Å². The molecule has 0 bridgehead atoms. The van der Waals surface area contributed by atoms with Crippen molar-refractivity contribution in [2.24, 2.45) is 11.7 Å². The van der Waals surface area contributed by atoms with E-state index in [1.807, 2.05) is 0 Å². The molecule has 2 aliphatic heterocycles. The summed E-state index contributed by atoms with van der Waals surface area (Å²) in [4.78, 5) is 42.9. The summed E-state index contributed by atoms with van der Waals surface area (Å²) in [6.07, 6.45) is -2.20. The van der Waals surface area contributed by atoms with Crippen molar-refractivity contribution in [3.8, 4) is 6.07 Å².